The molecule has 0 amide bonds. The summed E-state index contributed by atoms with van der Waals surface area (Å²) >= 11 is 0. The summed E-state index contributed by atoms with van der Waals surface area (Å²) in [6.07, 6.45) is 14.9. The first-order valence-corrected chi connectivity index (χ1v) is 8.73. The highest BCUT2D eigenvalue weighted by Crippen LogP contribution is 2.35. The molecule has 0 heterocycles. The molecule has 1 nitrogen and oxygen atoms in total. The monoisotopic (exact) mass is 332 g/mol. The second-order valence-electron chi connectivity index (χ2n) is 6.10. The fourth-order valence-corrected chi connectivity index (χ4v) is 2.93. The third-order valence-corrected chi connectivity index (χ3v) is 4.35. The van der Waals surface area contributed by atoms with Crippen molar-refractivity contribution in [3.05, 3.63) is 59.7 Å². The van der Waals surface area contributed by atoms with Gasteiger partial charge < -0.3 is 4.74 Å². The van der Waals surface area contributed by atoms with Crippen LogP contribution in [0.15, 0.2) is 42.5 Å². The van der Waals surface area contributed by atoms with Crippen LogP contribution in [0.3, 0.4) is 0 Å². The molecule has 2 rings (SSSR count). The van der Waals surface area contributed by atoms with Crippen LogP contribution in [0.5, 0.6) is 5.75 Å². The van der Waals surface area contributed by atoms with Crippen LogP contribution in [0.4, 0.5) is 8.78 Å². The summed E-state index contributed by atoms with van der Waals surface area (Å²) in [5.41, 5.74) is 1.27. The zero-order valence-corrected chi connectivity index (χ0v) is 14.5. The molecule has 0 radical (unpaired) electrons. The van der Waals surface area contributed by atoms with Crippen LogP contribution in [0.2, 0.25) is 0 Å². The largest absolute Gasteiger partial charge is 0.486 e. The molecule has 0 aliphatic heterocycles. The van der Waals surface area contributed by atoms with E-state index in [1.165, 1.54) is 6.07 Å². The SMILES string of the molecule is C/C=C/COc1ccc(C2=CCC(C/C=C\CC)CC2)c(F)c1F. The lowest BCUT2D eigenvalue weighted by Gasteiger charge is -2.21. The van der Waals surface area contributed by atoms with E-state index < -0.39 is 11.6 Å². The standard InChI is InChI=1S/C21H26F2O/c1-3-5-7-8-16-9-11-17(12-10-16)18-13-14-19(21(23)20(18)22)24-15-6-4-2/h4-7,11,13-14,16H,3,8-10,12,15H2,1-2H3/b6-4+,7-5-. The van der Waals surface area contributed by atoms with Crippen molar-refractivity contribution in [1.29, 1.82) is 0 Å². The molecular weight excluding hydrogens is 306 g/mol. The van der Waals surface area contributed by atoms with E-state index in [2.05, 4.69) is 25.2 Å². The van der Waals surface area contributed by atoms with Crippen molar-refractivity contribution in [2.45, 2.75) is 46.0 Å². The molecule has 0 aromatic heterocycles. The summed E-state index contributed by atoms with van der Waals surface area (Å²) < 4.78 is 33.8. The van der Waals surface area contributed by atoms with Gasteiger partial charge in [-0.2, -0.15) is 4.39 Å². The summed E-state index contributed by atoms with van der Waals surface area (Å²) in [6, 6.07) is 3.15. The molecule has 24 heavy (non-hydrogen) atoms. The Balaban J connectivity index is 2.07. The van der Waals surface area contributed by atoms with Crippen molar-refractivity contribution in [1.82, 2.24) is 0 Å². The van der Waals surface area contributed by atoms with Crippen LogP contribution in [0.1, 0.15) is 51.5 Å². The van der Waals surface area contributed by atoms with Gasteiger partial charge in [-0.3, -0.25) is 0 Å². The van der Waals surface area contributed by atoms with Gasteiger partial charge in [0.25, 0.3) is 0 Å². The Hall–Kier alpha value is -1.90. The Kier molecular flexibility index (Phi) is 7.23. The average molecular weight is 332 g/mol. The maximum absolute atomic E-state index is 14.4. The quantitative estimate of drug-likeness (QED) is 0.521. The van der Waals surface area contributed by atoms with Crippen LogP contribution in [-0.4, -0.2) is 6.61 Å². The molecule has 0 bridgehead atoms. The number of hydrogen-bond acceptors (Lipinski definition) is 1. The average Bonchev–Trinajstić information content (AvgIpc) is 2.60. The maximum Gasteiger partial charge on any atom is 0.201 e. The minimum absolute atomic E-state index is 0.0339. The van der Waals surface area contributed by atoms with Crippen molar-refractivity contribution in [3.8, 4) is 5.75 Å². The lowest BCUT2D eigenvalue weighted by atomic mass is 9.84. The Labute approximate surface area is 143 Å². The Morgan fingerprint density at radius 2 is 2.00 bits per heavy atom. The number of ether oxygens (including phenoxy) is 1. The summed E-state index contributed by atoms with van der Waals surface area (Å²) in [7, 11) is 0. The van der Waals surface area contributed by atoms with Gasteiger partial charge in [0, 0.05) is 5.56 Å². The van der Waals surface area contributed by atoms with E-state index in [9.17, 15) is 8.78 Å². The molecule has 0 fully saturated rings. The fraction of sp³-hybridized carbons (Fsp3) is 0.429. The highest BCUT2D eigenvalue weighted by atomic mass is 19.2. The van der Waals surface area contributed by atoms with Gasteiger partial charge in [0.05, 0.1) is 0 Å². The van der Waals surface area contributed by atoms with E-state index in [4.69, 9.17) is 4.74 Å². The molecule has 0 spiro atoms. The molecule has 130 valence electrons. The predicted molar refractivity (Wildman–Crippen MR) is 96.0 cm³/mol. The van der Waals surface area contributed by atoms with Crippen LogP contribution in [0, 0.1) is 17.6 Å². The zero-order chi connectivity index (χ0) is 17.4. The highest BCUT2D eigenvalue weighted by Gasteiger charge is 2.20. The van der Waals surface area contributed by atoms with E-state index >= 15 is 0 Å². The molecule has 0 saturated heterocycles. The first-order chi connectivity index (χ1) is 11.7. The number of benzene rings is 1. The van der Waals surface area contributed by atoms with Gasteiger partial charge in [-0.25, -0.2) is 4.39 Å². The van der Waals surface area contributed by atoms with Crippen molar-refractivity contribution in [3.63, 3.8) is 0 Å². The second kappa shape index (κ2) is 9.41. The summed E-state index contributed by atoms with van der Waals surface area (Å²) in [4.78, 5) is 0. The number of halogens is 2. The highest BCUT2D eigenvalue weighted by molar-refractivity contribution is 5.67. The zero-order valence-electron chi connectivity index (χ0n) is 14.5. The smallest absolute Gasteiger partial charge is 0.201 e. The van der Waals surface area contributed by atoms with Crippen molar-refractivity contribution < 1.29 is 13.5 Å². The van der Waals surface area contributed by atoms with Crippen molar-refractivity contribution in [2.24, 2.45) is 5.92 Å². The van der Waals surface area contributed by atoms with Gasteiger partial charge in [-0.1, -0.05) is 37.3 Å². The van der Waals surface area contributed by atoms with Crippen molar-refractivity contribution >= 4 is 5.57 Å². The van der Waals surface area contributed by atoms with E-state index in [0.717, 1.165) is 37.7 Å². The van der Waals surface area contributed by atoms with E-state index in [0.29, 0.717) is 11.5 Å². The normalized spacial score (nSPS) is 18.3. The van der Waals surface area contributed by atoms with Gasteiger partial charge in [0.1, 0.15) is 6.61 Å². The van der Waals surface area contributed by atoms with Crippen LogP contribution >= 0.6 is 0 Å². The molecular formula is C21H26F2O. The fourth-order valence-electron chi connectivity index (χ4n) is 2.93. The van der Waals surface area contributed by atoms with Crippen molar-refractivity contribution in [2.75, 3.05) is 6.61 Å². The summed E-state index contributed by atoms with van der Waals surface area (Å²) in [6.45, 7) is 4.21. The van der Waals surface area contributed by atoms with Crippen LogP contribution < -0.4 is 4.74 Å². The minimum Gasteiger partial charge on any atom is -0.486 e. The first kappa shape index (κ1) is 18.4. The van der Waals surface area contributed by atoms with Gasteiger partial charge in [0.15, 0.2) is 11.6 Å². The Morgan fingerprint density at radius 1 is 1.17 bits per heavy atom. The third kappa shape index (κ3) is 4.80. The predicted octanol–water partition coefficient (Wildman–Crippen LogP) is 6.46. The number of rotatable bonds is 7. The lowest BCUT2D eigenvalue weighted by Crippen LogP contribution is -2.07. The number of hydrogen-bond donors (Lipinski definition) is 0. The molecule has 0 saturated carbocycles. The van der Waals surface area contributed by atoms with Crippen LogP contribution in [-0.2, 0) is 0 Å². The summed E-state index contributed by atoms with van der Waals surface area (Å²) in [5.74, 6) is -1.13. The topological polar surface area (TPSA) is 9.23 Å². The molecule has 3 heteroatoms. The summed E-state index contributed by atoms with van der Waals surface area (Å²) in [5, 5.41) is 0. The molecule has 1 atom stereocenters. The maximum atomic E-state index is 14.4. The molecule has 1 aromatic carbocycles. The van der Waals surface area contributed by atoms with Gasteiger partial charge in [-0.15, -0.1) is 0 Å². The molecule has 1 aliphatic rings. The van der Waals surface area contributed by atoms with Gasteiger partial charge >= 0.3 is 0 Å². The molecule has 0 N–H and O–H groups in total. The minimum atomic E-state index is -0.897. The Bertz CT molecular complexity index is 629. The van der Waals surface area contributed by atoms with E-state index in [1.54, 1.807) is 12.1 Å². The molecule has 1 aromatic rings. The molecule has 1 unspecified atom stereocenters. The molecule has 1 aliphatic carbocycles. The first-order valence-electron chi connectivity index (χ1n) is 8.73. The van der Waals surface area contributed by atoms with Crippen LogP contribution in [0.25, 0.3) is 5.57 Å². The third-order valence-electron chi connectivity index (χ3n) is 4.35. The number of allylic oxidation sites excluding steroid dienone is 5. The lowest BCUT2D eigenvalue weighted by molar-refractivity contribution is 0.332. The van der Waals surface area contributed by atoms with Gasteiger partial charge in [0.2, 0.25) is 5.82 Å². The van der Waals surface area contributed by atoms with Gasteiger partial charge in [-0.05, 0) is 62.7 Å². The van der Waals surface area contributed by atoms with E-state index in [-0.39, 0.29) is 12.4 Å². The Morgan fingerprint density at radius 3 is 2.67 bits per heavy atom. The second-order valence-corrected chi connectivity index (χ2v) is 6.10. The van der Waals surface area contributed by atoms with E-state index in [1.807, 2.05) is 13.0 Å².